The lowest BCUT2D eigenvalue weighted by Crippen LogP contribution is -2.36. The number of methoxy groups -OCH3 is 1. The molecule has 0 spiro atoms. The zero-order chi connectivity index (χ0) is 17.2. The van der Waals surface area contributed by atoms with Gasteiger partial charge in [-0.3, -0.25) is 4.90 Å². The van der Waals surface area contributed by atoms with E-state index in [0.29, 0.717) is 6.61 Å². The Kier molecular flexibility index (Phi) is 5.17. The van der Waals surface area contributed by atoms with Gasteiger partial charge < -0.3 is 14.8 Å². The summed E-state index contributed by atoms with van der Waals surface area (Å²) in [5.41, 5.74) is 1.46. The van der Waals surface area contributed by atoms with Gasteiger partial charge in [0, 0.05) is 31.1 Å². The maximum absolute atomic E-state index is 5.45. The van der Waals surface area contributed by atoms with Gasteiger partial charge >= 0.3 is 0 Å². The maximum Gasteiger partial charge on any atom is 0.146 e. The Balaban J connectivity index is 1.67. The van der Waals surface area contributed by atoms with E-state index in [-0.39, 0.29) is 6.04 Å². The second-order valence-corrected chi connectivity index (χ2v) is 8.00. The molecular formula is C18H26N4O2S. The van der Waals surface area contributed by atoms with E-state index in [1.165, 1.54) is 28.7 Å². The van der Waals surface area contributed by atoms with E-state index in [1.807, 2.05) is 11.3 Å². The van der Waals surface area contributed by atoms with Crippen LogP contribution in [0.5, 0.6) is 0 Å². The van der Waals surface area contributed by atoms with E-state index in [4.69, 9.17) is 19.4 Å². The number of nitrogens with zero attached hydrogens (tertiary/aromatic N) is 3. The highest BCUT2D eigenvalue weighted by molar-refractivity contribution is 7.19. The van der Waals surface area contributed by atoms with Gasteiger partial charge in [-0.05, 0) is 31.7 Å². The highest BCUT2D eigenvalue weighted by atomic mass is 32.1. The van der Waals surface area contributed by atoms with Gasteiger partial charge in [0.15, 0.2) is 0 Å². The van der Waals surface area contributed by atoms with E-state index in [9.17, 15) is 0 Å². The van der Waals surface area contributed by atoms with Crippen molar-refractivity contribution in [3.63, 3.8) is 0 Å². The van der Waals surface area contributed by atoms with Crippen molar-refractivity contribution in [2.24, 2.45) is 0 Å². The molecule has 7 heteroatoms. The van der Waals surface area contributed by atoms with Crippen LogP contribution in [-0.4, -0.2) is 60.9 Å². The van der Waals surface area contributed by atoms with Crippen molar-refractivity contribution in [2.75, 3.05) is 45.3 Å². The molecule has 6 nitrogen and oxygen atoms in total. The first-order chi connectivity index (χ1) is 12.2. The Hall–Kier alpha value is -1.28. The van der Waals surface area contributed by atoms with Gasteiger partial charge in [-0.1, -0.05) is 0 Å². The number of thiophene rings is 1. The van der Waals surface area contributed by atoms with E-state index in [2.05, 4.69) is 17.1 Å². The third-order valence-electron chi connectivity index (χ3n) is 4.88. The fourth-order valence-electron chi connectivity index (χ4n) is 3.70. The number of rotatable bonds is 6. The molecule has 0 bridgehead atoms. The van der Waals surface area contributed by atoms with Gasteiger partial charge in [0.2, 0.25) is 0 Å². The molecule has 0 saturated carbocycles. The lowest BCUT2D eigenvalue weighted by Gasteiger charge is -2.26. The number of hydrogen-bond donors (Lipinski definition) is 1. The van der Waals surface area contributed by atoms with Crippen LogP contribution >= 0.6 is 11.3 Å². The molecule has 1 atom stereocenters. The molecule has 1 fully saturated rings. The Morgan fingerprint density at radius 3 is 2.92 bits per heavy atom. The van der Waals surface area contributed by atoms with Gasteiger partial charge in [-0.2, -0.15) is 0 Å². The Morgan fingerprint density at radius 1 is 1.28 bits per heavy atom. The topological polar surface area (TPSA) is 59.5 Å². The van der Waals surface area contributed by atoms with Crippen LogP contribution in [0.15, 0.2) is 0 Å². The fraction of sp³-hybridized carbons (Fsp3) is 0.667. The van der Waals surface area contributed by atoms with E-state index in [0.717, 1.165) is 55.7 Å². The first-order valence-electron chi connectivity index (χ1n) is 9.11. The molecule has 0 amide bonds. The maximum atomic E-state index is 5.45. The molecule has 0 aromatic carbocycles. The number of fused-ring (bicyclic) bond motifs is 3. The van der Waals surface area contributed by atoms with Gasteiger partial charge in [0.1, 0.15) is 16.5 Å². The minimum Gasteiger partial charge on any atom is -0.383 e. The molecule has 3 heterocycles. The van der Waals surface area contributed by atoms with Crippen molar-refractivity contribution in [2.45, 2.75) is 38.8 Å². The molecule has 2 aromatic heterocycles. The number of hydrogen-bond acceptors (Lipinski definition) is 7. The van der Waals surface area contributed by atoms with Gasteiger partial charge in [-0.15, -0.1) is 11.3 Å². The summed E-state index contributed by atoms with van der Waals surface area (Å²) < 4.78 is 10.7. The van der Waals surface area contributed by atoms with Crippen molar-refractivity contribution < 1.29 is 9.47 Å². The first-order valence-corrected chi connectivity index (χ1v) is 9.93. The summed E-state index contributed by atoms with van der Waals surface area (Å²) in [4.78, 5) is 14.8. The predicted octanol–water partition coefficient (Wildman–Crippen LogP) is 2.46. The minimum atomic E-state index is 0.219. The summed E-state index contributed by atoms with van der Waals surface area (Å²) in [5, 5.41) is 4.81. The molecule has 25 heavy (non-hydrogen) atoms. The average Bonchev–Trinajstić information content (AvgIpc) is 3.16. The monoisotopic (exact) mass is 362 g/mol. The molecule has 2 aromatic rings. The van der Waals surface area contributed by atoms with Crippen molar-refractivity contribution in [3.05, 3.63) is 16.3 Å². The van der Waals surface area contributed by atoms with Crippen LogP contribution < -0.4 is 5.32 Å². The number of aryl methyl sites for hydroxylation is 2. The lowest BCUT2D eigenvalue weighted by molar-refractivity contribution is 0.0331. The van der Waals surface area contributed by atoms with Crippen molar-refractivity contribution in [3.8, 4) is 0 Å². The molecule has 1 N–H and O–H groups in total. The highest BCUT2D eigenvalue weighted by Crippen LogP contribution is 2.39. The Labute approximate surface area is 152 Å². The Morgan fingerprint density at radius 2 is 2.12 bits per heavy atom. The quantitative estimate of drug-likeness (QED) is 0.852. The first kappa shape index (κ1) is 17.1. The lowest BCUT2D eigenvalue weighted by atomic mass is 10.2. The normalized spacial score (nSPS) is 19.3. The third-order valence-corrected chi connectivity index (χ3v) is 6.07. The summed E-state index contributed by atoms with van der Waals surface area (Å²) >= 11 is 1.85. The summed E-state index contributed by atoms with van der Waals surface area (Å²) in [5.74, 6) is 1.89. The zero-order valence-corrected chi connectivity index (χ0v) is 15.8. The van der Waals surface area contributed by atoms with E-state index >= 15 is 0 Å². The molecule has 4 rings (SSSR count). The van der Waals surface area contributed by atoms with Crippen LogP contribution in [-0.2, 0) is 28.9 Å². The van der Waals surface area contributed by atoms with Crippen LogP contribution in [0.2, 0.25) is 0 Å². The Bertz CT molecular complexity index is 742. The molecule has 2 aliphatic rings. The average molecular weight is 362 g/mol. The molecule has 1 aliphatic carbocycles. The number of ether oxygens (including phenoxy) is 2. The summed E-state index contributed by atoms with van der Waals surface area (Å²) in [6.07, 6.45) is 3.58. The smallest absolute Gasteiger partial charge is 0.146 e. The van der Waals surface area contributed by atoms with E-state index < -0.39 is 0 Å². The molecule has 1 saturated heterocycles. The number of aromatic nitrogens is 2. The van der Waals surface area contributed by atoms with Crippen LogP contribution in [0.25, 0.3) is 10.2 Å². The SMILES string of the molecule is COC[C@@H](C)Nc1nc(CN2CCOCC2)nc2sc3c(c12)CCC3. The summed E-state index contributed by atoms with van der Waals surface area (Å²) in [7, 11) is 1.74. The minimum absolute atomic E-state index is 0.219. The highest BCUT2D eigenvalue weighted by Gasteiger charge is 2.23. The van der Waals surface area contributed by atoms with Crippen LogP contribution in [0, 0.1) is 0 Å². The van der Waals surface area contributed by atoms with Crippen molar-refractivity contribution in [1.82, 2.24) is 14.9 Å². The van der Waals surface area contributed by atoms with Gasteiger partial charge in [-0.25, -0.2) is 9.97 Å². The fourth-order valence-corrected chi connectivity index (χ4v) is 4.98. The molecular weight excluding hydrogens is 336 g/mol. The van der Waals surface area contributed by atoms with Crippen LogP contribution in [0.1, 0.15) is 29.6 Å². The third kappa shape index (κ3) is 3.65. The number of morpholine rings is 1. The second-order valence-electron chi connectivity index (χ2n) is 6.92. The van der Waals surface area contributed by atoms with Crippen molar-refractivity contribution in [1.29, 1.82) is 0 Å². The number of anilines is 1. The van der Waals surface area contributed by atoms with Gasteiger partial charge in [0.05, 0.1) is 31.8 Å². The van der Waals surface area contributed by atoms with E-state index in [1.54, 1.807) is 7.11 Å². The predicted molar refractivity (Wildman–Crippen MR) is 100 cm³/mol. The summed E-state index contributed by atoms with van der Waals surface area (Å²) in [6, 6.07) is 0.219. The van der Waals surface area contributed by atoms with Gasteiger partial charge in [0.25, 0.3) is 0 Å². The number of nitrogens with one attached hydrogen (secondary N) is 1. The standard InChI is InChI=1S/C18H26N4O2S/c1-12(11-23-2)19-17-16-13-4-3-5-14(13)25-18(16)21-15(20-17)10-22-6-8-24-9-7-22/h12H,3-11H2,1-2H3,(H,19,20,21)/t12-/m1/s1. The molecule has 136 valence electrons. The van der Waals surface area contributed by atoms with Crippen LogP contribution in [0.4, 0.5) is 5.82 Å². The second kappa shape index (κ2) is 7.53. The molecule has 1 aliphatic heterocycles. The molecule has 0 radical (unpaired) electrons. The van der Waals surface area contributed by atoms with Crippen molar-refractivity contribution >= 4 is 27.4 Å². The largest absolute Gasteiger partial charge is 0.383 e. The zero-order valence-electron chi connectivity index (χ0n) is 15.0. The molecule has 0 unspecified atom stereocenters. The van der Waals surface area contributed by atoms with Crippen LogP contribution in [0.3, 0.4) is 0 Å². The summed E-state index contributed by atoms with van der Waals surface area (Å²) in [6.45, 7) is 7.07.